The van der Waals surface area contributed by atoms with E-state index in [1.807, 2.05) is 11.8 Å². The summed E-state index contributed by atoms with van der Waals surface area (Å²) < 4.78 is 0. The Morgan fingerprint density at radius 3 is 2.38 bits per heavy atom. The number of nitrogens with one attached hydrogen (secondary N) is 1. The lowest BCUT2D eigenvalue weighted by Gasteiger charge is -2.27. The van der Waals surface area contributed by atoms with Crippen LogP contribution in [0.25, 0.3) is 0 Å². The summed E-state index contributed by atoms with van der Waals surface area (Å²) in [5.41, 5.74) is 4.96. The first-order valence-electron chi connectivity index (χ1n) is 7.71. The van der Waals surface area contributed by atoms with Crippen LogP contribution in [0, 0.1) is 0 Å². The predicted molar refractivity (Wildman–Crippen MR) is 89.3 cm³/mol. The fourth-order valence-corrected chi connectivity index (χ4v) is 3.58. The zero-order valence-electron chi connectivity index (χ0n) is 12.3. The van der Waals surface area contributed by atoms with Crippen molar-refractivity contribution in [1.82, 2.24) is 10.4 Å². The van der Waals surface area contributed by atoms with Crippen molar-refractivity contribution in [3.8, 4) is 0 Å². The molecule has 1 saturated heterocycles. The third-order valence-electron chi connectivity index (χ3n) is 3.79. The normalized spacial score (nSPS) is 16.0. The van der Waals surface area contributed by atoms with Gasteiger partial charge in [-0.25, -0.2) is 5.01 Å². The molecule has 110 valence electrons. The van der Waals surface area contributed by atoms with E-state index in [-0.39, 0.29) is 0 Å². The average molecular weight is 298 g/mol. The molecule has 1 aliphatic rings. The summed E-state index contributed by atoms with van der Waals surface area (Å²) in [5, 5.41) is 2.37. The fourth-order valence-electron chi connectivity index (χ4n) is 2.61. The first-order chi connectivity index (χ1) is 10.4. The van der Waals surface area contributed by atoms with Crippen LogP contribution in [0.15, 0.2) is 64.4 Å². The molecule has 1 N–H and O–H groups in total. The monoisotopic (exact) mass is 298 g/mol. The van der Waals surface area contributed by atoms with E-state index < -0.39 is 0 Å². The van der Waals surface area contributed by atoms with Gasteiger partial charge in [-0.15, -0.1) is 0 Å². The summed E-state index contributed by atoms with van der Waals surface area (Å²) in [6.45, 7) is 3.26. The zero-order valence-corrected chi connectivity index (χ0v) is 13.1. The summed E-state index contributed by atoms with van der Waals surface area (Å²) in [5.74, 6) is 0. The van der Waals surface area contributed by atoms with E-state index in [4.69, 9.17) is 0 Å². The predicted octanol–water partition coefficient (Wildman–Crippen LogP) is 4.33. The van der Waals surface area contributed by atoms with E-state index in [2.05, 4.69) is 65.0 Å². The summed E-state index contributed by atoms with van der Waals surface area (Å²) in [6.07, 6.45) is 4.00. The maximum Gasteiger partial charge on any atom is 0.0364 e. The lowest BCUT2D eigenvalue weighted by atomic mass is 10.2. The molecule has 0 saturated carbocycles. The Morgan fingerprint density at radius 2 is 1.57 bits per heavy atom. The van der Waals surface area contributed by atoms with Gasteiger partial charge in [-0.2, -0.15) is 0 Å². The quantitative estimate of drug-likeness (QED) is 0.884. The summed E-state index contributed by atoms with van der Waals surface area (Å²) in [4.78, 5) is 2.64. The Morgan fingerprint density at radius 1 is 0.857 bits per heavy atom. The van der Waals surface area contributed by atoms with Gasteiger partial charge in [-0.05, 0) is 36.6 Å². The summed E-state index contributed by atoms with van der Waals surface area (Å²) >= 11 is 1.84. The van der Waals surface area contributed by atoms with Gasteiger partial charge in [0.2, 0.25) is 0 Å². The van der Waals surface area contributed by atoms with Crippen LogP contribution in [0.4, 0.5) is 0 Å². The van der Waals surface area contributed by atoms with Crippen molar-refractivity contribution >= 4 is 11.8 Å². The largest absolute Gasteiger partial charge is 0.251 e. The van der Waals surface area contributed by atoms with Gasteiger partial charge in [-0.3, -0.25) is 5.43 Å². The van der Waals surface area contributed by atoms with Crippen molar-refractivity contribution < 1.29 is 0 Å². The highest BCUT2D eigenvalue weighted by Crippen LogP contribution is 2.30. The highest BCUT2D eigenvalue weighted by atomic mass is 32.2. The number of piperidine rings is 1. The SMILES string of the molecule is c1ccc(Sc2ccccc2CNN2CCCCC2)cc1. The molecule has 0 amide bonds. The second kappa shape index (κ2) is 7.64. The molecule has 1 fully saturated rings. The fraction of sp³-hybridized carbons (Fsp3) is 0.333. The Hall–Kier alpha value is -1.29. The molecule has 0 aromatic heterocycles. The molecule has 3 rings (SSSR count). The van der Waals surface area contributed by atoms with Crippen LogP contribution < -0.4 is 5.43 Å². The average Bonchev–Trinajstić information content (AvgIpc) is 2.56. The van der Waals surface area contributed by atoms with Gasteiger partial charge in [0.1, 0.15) is 0 Å². The third kappa shape index (κ3) is 4.34. The van der Waals surface area contributed by atoms with Crippen LogP contribution >= 0.6 is 11.8 Å². The number of hydrogen-bond donors (Lipinski definition) is 1. The van der Waals surface area contributed by atoms with Crippen LogP contribution in [-0.4, -0.2) is 18.1 Å². The molecule has 21 heavy (non-hydrogen) atoms. The van der Waals surface area contributed by atoms with E-state index in [9.17, 15) is 0 Å². The second-order valence-electron chi connectivity index (χ2n) is 5.41. The summed E-state index contributed by atoms with van der Waals surface area (Å²) in [6, 6.07) is 19.3. The molecule has 0 spiro atoms. The van der Waals surface area contributed by atoms with Crippen LogP contribution in [0.3, 0.4) is 0 Å². The Labute approximate surface area is 131 Å². The van der Waals surface area contributed by atoms with E-state index in [0.717, 1.165) is 6.54 Å². The minimum Gasteiger partial charge on any atom is -0.251 e. The van der Waals surface area contributed by atoms with Gasteiger partial charge in [-0.1, -0.05) is 54.6 Å². The van der Waals surface area contributed by atoms with Crippen molar-refractivity contribution in [1.29, 1.82) is 0 Å². The highest BCUT2D eigenvalue weighted by molar-refractivity contribution is 7.99. The molecule has 0 aliphatic carbocycles. The van der Waals surface area contributed by atoms with Gasteiger partial charge >= 0.3 is 0 Å². The number of hydrogen-bond acceptors (Lipinski definition) is 3. The number of rotatable bonds is 5. The molecule has 3 heteroatoms. The van der Waals surface area contributed by atoms with Crippen LogP contribution in [0.1, 0.15) is 24.8 Å². The smallest absolute Gasteiger partial charge is 0.0364 e. The third-order valence-corrected chi connectivity index (χ3v) is 4.92. The van der Waals surface area contributed by atoms with E-state index in [1.54, 1.807) is 0 Å². The molecule has 0 unspecified atom stereocenters. The number of nitrogens with zero attached hydrogens (tertiary/aromatic N) is 1. The molecule has 2 aromatic rings. The zero-order chi connectivity index (χ0) is 14.3. The summed E-state index contributed by atoms with van der Waals surface area (Å²) in [7, 11) is 0. The molecule has 0 atom stereocenters. The van der Waals surface area contributed by atoms with Crippen molar-refractivity contribution in [3.63, 3.8) is 0 Å². The van der Waals surface area contributed by atoms with E-state index in [1.165, 1.54) is 47.7 Å². The van der Waals surface area contributed by atoms with Gasteiger partial charge in [0.15, 0.2) is 0 Å². The van der Waals surface area contributed by atoms with Crippen molar-refractivity contribution in [2.45, 2.75) is 35.6 Å². The van der Waals surface area contributed by atoms with Crippen molar-refractivity contribution in [2.75, 3.05) is 13.1 Å². The van der Waals surface area contributed by atoms with E-state index in [0.29, 0.717) is 0 Å². The molecule has 1 aliphatic heterocycles. The van der Waals surface area contributed by atoms with Crippen molar-refractivity contribution in [3.05, 3.63) is 60.2 Å². The standard InChI is InChI=1S/C18H22N2S/c1-3-10-17(11-4-1)21-18-12-6-5-9-16(18)15-19-20-13-7-2-8-14-20/h1,3-6,9-12,19H,2,7-8,13-15H2. The second-order valence-corrected chi connectivity index (χ2v) is 6.52. The maximum absolute atomic E-state index is 3.58. The minimum atomic E-state index is 0.913. The molecular weight excluding hydrogens is 276 g/mol. The maximum atomic E-state index is 3.58. The number of benzene rings is 2. The highest BCUT2D eigenvalue weighted by Gasteiger charge is 2.10. The van der Waals surface area contributed by atoms with Crippen LogP contribution in [-0.2, 0) is 6.54 Å². The molecule has 0 bridgehead atoms. The van der Waals surface area contributed by atoms with Gasteiger partial charge in [0.05, 0.1) is 0 Å². The first-order valence-corrected chi connectivity index (χ1v) is 8.53. The van der Waals surface area contributed by atoms with Crippen molar-refractivity contribution in [2.24, 2.45) is 0 Å². The van der Waals surface area contributed by atoms with Crippen LogP contribution in [0.2, 0.25) is 0 Å². The van der Waals surface area contributed by atoms with Gasteiger partial charge in [0, 0.05) is 29.4 Å². The lowest BCUT2D eigenvalue weighted by molar-refractivity contribution is 0.150. The topological polar surface area (TPSA) is 15.3 Å². The number of hydrazine groups is 1. The van der Waals surface area contributed by atoms with Gasteiger partial charge in [0.25, 0.3) is 0 Å². The van der Waals surface area contributed by atoms with Crippen LogP contribution in [0.5, 0.6) is 0 Å². The first kappa shape index (κ1) is 14.6. The molecule has 2 aromatic carbocycles. The van der Waals surface area contributed by atoms with E-state index >= 15 is 0 Å². The molecular formula is C18H22N2S. The Kier molecular flexibility index (Phi) is 5.33. The Bertz CT molecular complexity index is 550. The molecule has 2 nitrogen and oxygen atoms in total. The minimum absolute atomic E-state index is 0.913. The molecule has 0 radical (unpaired) electrons. The van der Waals surface area contributed by atoms with Gasteiger partial charge < -0.3 is 0 Å². The molecule has 1 heterocycles. The Balaban J connectivity index is 1.64. The lowest BCUT2D eigenvalue weighted by Crippen LogP contribution is -2.41.